The van der Waals surface area contributed by atoms with Crippen LogP contribution in [-0.4, -0.2) is 0 Å². The van der Waals surface area contributed by atoms with Gasteiger partial charge in [-0.25, -0.2) is 0 Å². The molecule has 0 saturated carbocycles. The predicted octanol–water partition coefficient (Wildman–Crippen LogP) is 5.47. The molecule has 0 aliphatic rings. The fourth-order valence-corrected chi connectivity index (χ4v) is 2.88. The largest absolute Gasteiger partial charge is 0.0622 e. The predicted molar refractivity (Wildman–Crippen MR) is 93.0 cm³/mol. The molecule has 0 fully saturated rings. The van der Waals surface area contributed by atoms with Crippen LogP contribution in [0.4, 0.5) is 0 Å². The van der Waals surface area contributed by atoms with Crippen LogP contribution in [0.1, 0.15) is 22.6 Å². The molecule has 0 nitrogen and oxygen atoms in total. The molecule has 20 heavy (non-hydrogen) atoms. The van der Waals surface area contributed by atoms with Crippen molar-refractivity contribution in [3.63, 3.8) is 0 Å². The molecule has 3 aromatic rings. The van der Waals surface area contributed by atoms with Gasteiger partial charge in [0.1, 0.15) is 0 Å². The Hall–Kier alpha value is -1.61. The zero-order chi connectivity index (χ0) is 13.8. The quantitative estimate of drug-likeness (QED) is 0.424. The molecule has 0 aliphatic heterocycles. The van der Waals surface area contributed by atoms with Crippen LogP contribution >= 0.6 is 22.6 Å². The van der Waals surface area contributed by atoms with Gasteiger partial charge < -0.3 is 0 Å². The van der Waals surface area contributed by atoms with E-state index >= 15 is 0 Å². The number of halogens is 1. The van der Waals surface area contributed by atoms with E-state index in [1.165, 1.54) is 20.3 Å². The van der Waals surface area contributed by atoms with Gasteiger partial charge in [0.05, 0.1) is 0 Å². The van der Waals surface area contributed by atoms with E-state index in [4.69, 9.17) is 0 Å². The van der Waals surface area contributed by atoms with Gasteiger partial charge in [0.25, 0.3) is 0 Å². The SMILES string of the molecule is Ic1ccc(C(c2ccccc2)c2ccccc2)cc1. The van der Waals surface area contributed by atoms with Gasteiger partial charge in [0.15, 0.2) is 0 Å². The molecular formula is C19H15I. The summed E-state index contributed by atoms with van der Waals surface area (Å²) in [5.41, 5.74) is 4.00. The van der Waals surface area contributed by atoms with E-state index in [9.17, 15) is 0 Å². The Morgan fingerprint density at radius 1 is 0.500 bits per heavy atom. The minimum Gasteiger partial charge on any atom is -0.0622 e. The van der Waals surface area contributed by atoms with Crippen LogP contribution in [0.15, 0.2) is 84.9 Å². The summed E-state index contributed by atoms with van der Waals surface area (Å²) in [6, 6.07) is 30.2. The first-order valence-electron chi connectivity index (χ1n) is 6.70. The van der Waals surface area contributed by atoms with Crippen molar-refractivity contribution in [1.82, 2.24) is 0 Å². The molecule has 0 atom stereocenters. The second-order valence-corrected chi connectivity index (χ2v) is 6.05. The number of benzene rings is 3. The molecule has 0 amide bonds. The van der Waals surface area contributed by atoms with Crippen LogP contribution in [-0.2, 0) is 0 Å². The summed E-state index contributed by atoms with van der Waals surface area (Å²) in [7, 11) is 0. The van der Waals surface area contributed by atoms with E-state index < -0.39 is 0 Å². The highest BCUT2D eigenvalue weighted by Crippen LogP contribution is 2.31. The third-order valence-electron chi connectivity index (χ3n) is 3.47. The average Bonchev–Trinajstić information content (AvgIpc) is 2.52. The maximum atomic E-state index is 2.35. The Kier molecular flexibility index (Phi) is 4.16. The molecule has 3 rings (SSSR count). The van der Waals surface area contributed by atoms with Crippen molar-refractivity contribution in [2.24, 2.45) is 0 Å². The Bertz CT molecular complexity index is 618. The zero-order valence-corrected chi connectivity index (χ0v) is 13.2. The number of hydrogen-bond acceptors (Lipinski definition) is 0. The highest BCUT2D eigenvalue weighted by molar-refractivity contribution is 14.1. The van der Waals surface area contributed by atoms with E-state index in [1.54, 1.807) is 0 Å². The Balaban J connectivity index is 2.11. The molecule has 0 heterocycles. The van der Waals surface area contributed by atoms with Crippen molar-refractivity contribution in [1.29, 1.82) is 0 Å². The lowest BCUT2D eigenvalue weighted by Crippen LogP contribution is -2.03. The van der Waals surface area contributed by atoms with E-state index in [0.717, 1.165) is 0 Å². The standard InChI is InChI=1S/C19H15I/c20-18-13-11-17(12-14-18)19(15-7-3-1-4-8-15)16-9-5-2-6-10-16/h1-14,19H. The summed E-state index contributed by atoms with van der Waals surface area (Å²) in [6.45, 7) is 0. The molecule has 0 unspecified atom stereocenters. The molecule has 98 valence electrons. The Morgan fingerprint density at radius 2 is 0.900 bits per heavy atom. The lowest BCUT2D eigenvalue weighted by atomic mass is 9.85. The summed E-state index contributed by atoms with van der Waals surface area (Å²) in [6.07, 6.45) is 0. The van der Waals surface area contributed by atoms with E-state index in [0.29, 0.717) is 5.92 Å². The minimum absolute atomic E-state index is 0.300. The Labute approximate surface area is 133 Å². The summed E-state index contributed by atoms with van der Waals surface area (Å²) < 4.78 is 1.27. The highest BCUT2D eigenvalue weighted by atomic mass is 127. The molecule has 1 heteroatoms. The van der Waals surface area contributed by atoms with Gasteiger partial charge in [-0.05, 0) is 51.4 Å². The van der Waals surface area contributed by atoms with Crippen LogP contribution in [0.25, 0.3) is 0 Å². The molecular weight excluding hydrogens is 355 g/mol. The molecule has 0 aromatic heterocycles. The first kappa shape index (κ1) is 13.4. The van der Waals surface area contributed by atoms with E-state index in [1.807, 2.05) is 0 Å². The van der Waals surface area contributed by atoms with E-state index in [-0.39, 0.29) is 0 Å². The van der Waals surface area contributed by atoms with Crippen LogP contribution in [0.5, 0.6) is 0 Å². The first-order chi connectivity index (χ1) is 9.84. The summed E-state index contributed by atoms with van der Waals surface area (Å²) in [5, 5.41) is 0. The lowest BCUT2D eigenvalue weighted by molar-refractivity contribution is 0.977. The Morgan fingerprint density at radius 3 is 1.35 bits per heavy atom. The topological polar surface area (TPSA) is 0 Å². The van der Waals surface area contributed by atoms with Crippen molar-refractivity contribution < 1.29 is 0 Å². The summed E-state index contributed by atoms with van der Waals surface area (Å²) in [4.78, 5) is 0. The molecule has 0 saturated heterocycles. The molecule has 0 radical (unpaired) electrons. The van der Waals surface area contributed by atoms with Gasteiger partial charge in [-0.1, -0.05) is 72.8 Å². The maximum Gasteiger partial charge on any atom is 0.0340 e. The van der Waals surface area contributed by atoms with Gasteiger partial charge in [-0.2, -0.15) is 0 Å². The molecule has 0 N–H and O–H groups in total. The normalized spacial score (nSPS) is 10.7. The third kappa shape index (κ3) is 2.93. The zero-order valence-electron chi connectivity index (χ0n) is 11.0. The van der Waals surface area contributed by atoms with Crippen molar-refractivity contribution in [3.05, 3.63) is 105 Å². The summed E-state index contributed by atoms with van der Waals surface area (Å²) >= 11 is 2.35. The monoisotopic (exact) mass is 370 g/mol. The van der Waals surface area contributed by atoms with Crippen LogP contribution in [0, 0.1) is 3.57 Å². The maximum absolute atomic E-state index is 2.35. The fourth-order valence-electron chi connectivity index (χ4n) is 2.52. The molecule has 0 bridgehead atoms. The summed E-state index contributed by atoms with van der Waals surface area (Å²) in [5.74, 6) is 0.300. The van der Waals surface area contributed by atoms with Crippen molar-refractivity contribution in [3.8, 4) is 0 Å². The fraction of sp³-hybridized carbons (Fsp3) is 0.0526. The minimum atomic E-state index is 0.300. The van der Waals surface area contributed by atoms with Gasteiger partial charge in [-0.15, -0.1) is 0 Å². The van der Waals surface area contributed by atoms with Crippen LogP contribution in [0.2, 0.25) is 0 Å². The number of hydrogen-bond donors (Lipinski definition) is 0. The van der Waals surface area contributed by atoms with Gasteiger partial charge in [0.2, 0.25) is 0 Å². The molecule has 3 aromatic carbocycles. The van der Waals surface area contributed by atoms with Gasteiger partial charge >= 0.3 is 0 Å². The molecule has 0 aliphatic carbocycles. The van der Waals surface area contributed by atoms with Crippen molar-refractivity contribution in [2.45, 2.75) is 5.92 Å². The van der Waals surface area contributed by atoms with E-state index in [2.05, 4.69) is 108 Å². The van der Waals surface area contributed by atoms with Crippen LogP contribution < -0.4 is 0 Å². The van der Waals surface area contributed by atoms with Crippen molar-refractivity contribution in [2.75, 3.05) is 0 Å². The average molecular weight is 370 g/mol. The first-order valence-corrected chi connectivity index (χ1v) is 7.78. The highest BCUT2D eigenvalue weighted by Gasteiger charge is 2.15. The second-order valence-electron chi connectivity index (χ2n) is 4.81. The van der Waals surface area contributed by atoms with Crippen LogP contribution in [0.3, 0.4) is 0 Å². The number of rotatable bonds is 3. The van der Waals surface area contributed by atoms with Crippen molar-refractivity contribution >= 4 is 22.6 Å². The smallest absolute Gasteiger partial charge is 0.0340 e. The lowest BCUT2D eigenvalue weighted by Gasteiger charge is -2.18. The van der Waals surface area contributed by atoms with Gasteiger partial charge in [0, 0.05) is 9.49 Å². The van der Waals surface area contributed by atoms with Gasteiger partial charge in [-0.3, -0.25) is 0 Å². The molecule has 0 spiro atoms. The second kappa shape index (κ2) is 6.23. The third-order valence-corrected chi connectivity index (χ3v) is 4.19.